The molecule has 1 fully saturated rings. The third-order valence-electron chi connectivity index (χ3n) is 6.46. The van der Waals surface area contributed by atoms with Crippen molar-refractivity contribution in [1.82, 2.24) is 9.55 Å². The molecule has 0 amide bonds. The zero-order valence-corrected chi connectivity index (χ0v) is 21.6. The normalized spacial score (nSPS) is 20.2. The van der Waals surface area contributed by atoms with Crippen molar-refractivity contribution in [3.8, 4) is 6.07 Å². The molecule has 4 atom stereocenters. The summed E-state index contributed by atoms with van der Waals surface area (Å²) < 4.78 is 23.3. The molecule has 0 bridgehead atoms. The topological polar surface area (TPSA) is 150 Å². The Balaban J connectivity index is 1.63. The highest BCUT2D eigenvalue weighted by molar-refractivity contribution is 5.92. The number of aliphatic hydroxyl groups is 1. The van der Waals surface area contributed by atoms with Gasteiger partial charge in [-0.05, 0) is 37.1 Å². The number of carbonyl (C=O) groups excluding carboxylic acids is 3. The second kappa shape index (κ2) is 11.9. The molecule has 202 valence electrons. The zero-order valence-electron chi connectivity index (χ0n) is 21.6. The van der Waals surface area contributed by atoms with Crippen LogP contribution in [0.5, 0.6) is 0 Å². The first-order valence-corrected chi connectivity index (χ1v) is 12.1. The van der Waals surface area contributed by atoms with Crippen molar-refractivity contribution >= 4 is 17.9 Å². The summed E-state index contributed by atoms with van der Waals surface area (Å²) in [5.41, 5.74) is 2.07. The number of nitriles is 1. The number of nitrogens with zero attached hydrogens (tertiary/aromatic N) is 3. The number of carbonyl (C=O) groups is 3. The number of esters is 3. The Bertz CT molecular complexity index is 1430. The Morgan fingerprint density at radius 1 is 1.03 bits per heavy atom. The molecule has 1 N–H and O–H groups in total. The largest absolute Gasteiger partial charge is 0.464 e. The molecule has 11 nitrogen and oxygen atoms in total. The molecule has 0 spiro atoms. The van der Waals surface area contributed by atoms with Crippen LogP contribution in [0.4, 0.5) is 0 Å². The van der Waals surface area contributed by atoms with Gasteiger partial charge >= 0.3 is 17.9 Å². The molecule has 1 unspecified atom stereocenters. The molecule has 1 aliphatic heterocycles. The van der Waals surface area contributed by atoms with Gasteiger partial charge in [-0.15, -0.1) is 0 Å². The van der Waals surface area contributed by atoms with Crippen molar-refractivity contribution in [2.24, 2.45) is 0 Å². The maximum atomic E-state index is 13.0. The van der Waals surface area contributed by atoms with E-state index in [1.54, 1.807) is 62.4 Å². The summed E-state index contributed by atoms with van der Waals surface area (Å²) >= 11 is 0. The smallest absolute Gasteiger partial charge is 0.358 e. The molecule has 2 aromatic carbocycles. The van der Waals surface area contributed by atoms with Crippen molar-refractivity contribution in [2.75, 3.05) is 13.7 Å². The lowest BCUT2D eigenvalue weighted by Gasteiger charge is -2.21. The van der Waals surface area contributed by atoms with Gasteiger partial charge in [-0.1, -0.05) is 36.4 Å². The van der Waals surface area contributed by atoms with Crippen LogP contribution >= 0.6 is 0 Å². The van der Waals surface area contributed by atoms with Crippen LogP contribution in [-0.4, -0.2) is 64.6 Å². The first kappa shape index (κ1) is 27.5. The molecule has 39 heavy (non-hydrogen) atoms. The number of aromatic nitrogens is 2. The highest BCUT2D eigenvalue weighted by Gasteiger charge is 2.49. The van der Waals surface area contributed by atoms with Gasteiger partial charge in [0.15, 0.2) is 18.0 Å². The van der Waals surface area contributed by atoms with Crippen molar-refractivity contribution in [3.05, 3.63) is 88.5 Å². The SMILES string of the molecule is COC(=O)c1ncn([C@@H]2OC(COC(=O)c3ccccc3C)[C@@H](OC(=O)c3ccccc3C)[C@H]2O)c1CC#N. The van der Waals surface area contributed by atoms with Crippen LogP contribution in [0.1, 0.15) is 54.3 Å². The molecule has 11 heteroatoms. The van der Waals surface area contributed by atoms with Crippen LogP contribution in [0.15, 0.2) is 54.9 Å². The van der Waals surface area contributed by atoms with Gasteiger partial charge in [0, 0.05) is 0 Å². The van der Waals surface area contributed by atoms with Gasteiger partial charge in [-0.3, -0.25) is 0 Å². The lowest BCUT2D eigenvalue weighted by atomic mass is 10.1. The van der Waals surface area contributed by atoms with E-state index < -0.39 is 42.4 Å². The van der Waals surface area contributed by atoms with Gasteiger partial charge in [-0.25, -0.2) is 19.4 Å². The Kier molecular flexibility index (Phi) is 8.39. The van der Waals surface area contributed by atoms with Gasteiger partial charge in [0.1, 0.15) is 18.8 Å². The number of hydrogen-bond acceptors (Lipinski definition) is 10. The van der Waals surface area contributed by atoms with E-state index in [0.29, 0.717) is 22.3 Å². The van der Waals surface area contributed by atoms with Gasteiger partial charge in [0.2, 0.25) is 0 Å². The summed E-state index contributed by atoms with van der Waals surface area (Å²) in [7, 11) is 1.18. The average molecular weight is 534 g/mol. The number of methoxy groups -OCH3 is 1. The maximum Gasteiger partial charge on any atom is 0.358 e. The second-order valence-electron chi connectivity index (χ2n) is 8.93. The third kappa shape index (κ3) is 5.67. The highest BCUT2D eigenvalue weighted by atomic mass is 16.6. The van der Waals surface area contributed by atoms with E-state index in [0.717, 1.165) is 0 Å². The summed E-state index contributed by atoms with van der Waals surface area (Å²) in [6.45, 7) is 3.17. The number of imidazole rings is 1. The zero-order chi connectivity index (χ0) is 28.1. The van der Waals surface area contributed by atoms with E-state index in [1.807, 2.05) is 6.07 Å². The van der Waals surface area contributed by atoms with Gasteiger partial charge in [-0.2, -0.15) is 5.26 Å². The first-order valence-electron chi connectivity index (χ1n) is 12.1. The fraction of sp³-hybridized carbons (Fsp3) is 0.321. The molecule has 1 saturated heterocycles. The van der Waals surface area contributed by atoms with E-state index in [2.05, 4.69) is 4.98 Å². The second-order valence-corrected chi connectivity index (χ2v) is 8.93. The van der Waals surface area contributed by atoms with Crippen LogP contribution in [-0.2, 0) is 25.4 Å². The minimum atomic E-state index is -1.46. The van der Waals surface area contributed by atoms with Gasteiger partial charge in [0.05, 0.1) is 42.7 Å². The van der Waals surface area contributed by atoms with Crippen molar-refractivity contribution in [2.45, 2.75) is 44.8 Å². The Labute approximate surface area is 224 Å². The van der Waals surface area contributed by atoms with Gasteiger partial charge in [0.25, 0.3) is 0 Å². The van der Waals surface area contributed by atoms with E-state index in [4.69, 9.17) is 18.9 Å². The Morgan fingerprint density at radius 3 is 2.23 bits per heavy atom. The summed E-state index contributed by atoms with van der Waals surface area (Å²) in [6.07, 6.45) is -4.02. The van der Waals surface area contributed by atoms with Crippen molar-refractivity contribution < 1.29 is 38.4 Å². The van der Waals surface area contributed by atoms with Gasteiger partial charge < -0.3 is 28.6 Å². The van der Waals surface area contributed by atoms with E-state index in [1.165, 1.54) is 18.0 Å². The number of aliphatic hydroxyl groups excluding tert-OH is 1. The standard InChI is InChI=1S/C28H27N3O8/c1-16-8-4-6-10-18(16)26(33)37-14-21-24(39-27(34)19-11-7-5-9-17(19)2)23(32)25(38-21)31-15-30-22(28(35)36-3)20(31)12-13-29/h4-11,15,21,23-25,32H,12,14H2,1-3H3/t21?,23-,24-,25-/m1/s1. The molecule has 0 aliphatic carbocycles. The van der Waals surface area contributed by atoms with E-state index >= 15 is 0 Å². The quantitative estimate of drug-likeness (QED) is 0.338. The summed E-state index contributed by atoms with van der Waals surface area (Å²) in [5, 5.41) is 20.6. The van der Waals surface area contributed by atoms with Crippen LogP contribution < -0.4 is 0 Å². The lowest BCUT2D eigenvalue weighted by molar-refractivity contribution is -0.0605. The summed E-state index contributed by atoms with van der Waals surface area (Å²) in [4.78, 5) is 42.0. The first-order chi connectivity index (χ1) is 18.8. The molecule has 1 aromatic heterocycles. The summed E-state index contributed by atoms with van der Waals surface area (Å²) in [6, 6.07) is 15.6. The molecule has 0 radical (unpaired) electrons. The molecular formula is C28H27N3O8. The maximum absolute atomic E-state index is 13.0. The minimum absolute atomic E-state index is 0.113. The third-order valence-corrected chi connectivity index (χ3v) is 6.46. The minimum Gasteiger partial charge on any atom is -0.464 e. The number of aryl methyl sites for hydroxylation is 2. The molecule has 4 rings (SSSR count). The van der Waals surface area contributed by atoms with Crippen LogP contribution in [0.2, 0.25) is 0 Å². The predicted molar refractivity (Wildman–Crippen MR) is 135 cm³/mol. The molecule has 3 aromatic rings. The monoisotopic (exact) mass is 533 g/mol. The number of hydrogen-bond donors (Lipinski definition) is 1. The Hall–Kier alpha value is -4.53. The number of ether oxygens (including phenoxy) is 4. The fourth-order valence-corrected chi connectivity index (χ4v) is 4.38. The highest BCUT2D eigenvalue weighted by Crippen LogP contribution is 2.34. The van der Waals surface area contributed by atoms with Crippen molar-refractivity contribution in [1.29, 1.82) is 5.26 Å². The molecule has 1 aliphatic rings. The van der Waals surface area contributed by atoms with Crippen LogP contribution in [0.3, 0.4) is 0 Å². The molecule has 2 heterocycles. The number of rotatable bonds is 8. The average Bonchev–Trinajstić information content (AvgIpc) is 3.48. The van der Waals surface area contributed by atoms with Crippen LogP contribution in [0.25, 0.3) is 0 Å². The van der Waals surface area contributed by atoms with Crippen molar-refractivity contribution in [3.63, 3.8) is 0 Å². The fourth-order valence-electron chi connectivity index (χ4n) is 4.38. The van der Waals surface area contributed by atoms with E-state index in [-0.39, 0.29) is 24.4 Å². The van der Waals surface area contributed by atoms with Crippen LogP contribution in [0, 0.1) is 25.2 Å². The molecular weight excluding hydrogens is 506 g/mol. The number of benzene rings is 2. The lowest BCUT2D eigenvalue weighted by Crippen LogP contribution is -2.39. The Morgan fingerprint density at radius 2 is 1.64 bits per heavy atom. The van der Waals surface area contributed by atoms with E-state index in [9.17, 15) is 24.8 Å². The summed E-state index contributed by atoms with van der Waals surface area (Å²) in [5.74, 6) is -2.08. The predicted octanol–water partition coefficient (Wildman–Crippen LogP) is 2.69. The molecule has 0 saturated carbocycles.